The van der Waals surface area contributed by atoms with E-state index in [0.29, 0.717) is 5.69 Å². The molecule has 2 saturated heterocycles. The van der Waals surface area contributed by atoms with Gasteiger partial charge < -0.3 is 20.3 Å². The van der Waals surface area contributed by atoms with E-state index in [-0.39, 0.29) is 29.8 Å². The van der Waals surface area contributed by atoms with Gasteiger partial charge in [-0.15, -0.1) is 11.8 Å². The van der Waals surface area contributed by atoms with Gasteiger partial charge in [0.1, 0.15) is 11.6 Å². The highest BCUT2D eigenvalue weighted by Gasteiger charge is 2.73. The van der Waals surface area contributed by atoms with Gasteiger partial charge in [-0.2, -0.15) is 0 Å². The van der Waals surface area contributed by atoms with Gasteiger partial charge in [0.05, 0.1) is 17.9 Å². The van der Waals surface area contributed by atoms with Crippen molar-refractivity contribution >= 4 is 35.2 Å². The van der Waals surface area contributed by atoms with Crippen molar-refractivity contribution in [3.63, 3.8) is 0 Å². The van der Waals surface area contributed by atoms with Crippen LogP contribution in [0.4, 0.5) is 5.69 Å². The number of carbonyl (C=O) groups is 3. The third kappa shape index (κ3) is 4.92. The number of fused-ring (bicyclic) bond motifs is 1. The van der Waals surface area contributed by atoms with Gasteiger partial charge in [-0.05, 0) is 50.1 Å². The number of amides is 3. The molecule has 0 radical (unpaired) electrons. The summed E-state index contributed by atoms with van der Waals surface area (Å²) in [6, 6.07) is 7.14. The van der Waals surface area contributed by atoms with E-state index in [1.807, 2.05) is 47.6 Å². The van der Waals surface area contributed by atoms with Crippen molar-refractivity contribution in [3.8, 4) is 0 Å². The quantitative estimate of drug-likeness (QED) is 0.381. The van der Waals surface area contributed by atoms with Crippen LogP contribution in [0.3, 0.4) is 0 Å². The molecule has 3 heterocycles. The molecule has 210 valence electrons. The summed E-state index contributed by atoms with van der Waals surface area (Å²) < 4.78 is 6.57. The number of hydrogen-bond donors (Lipinski definition) is 2. The Balaban J connectivity index is 1.31. The summed E-state index contributed by atoms with van der Waals surface area (Å²) in [5.41, 5.74) is -0.381. The molecule has 5 aliphatic rings. The van der Waals surface area contributed by atoms with E-state index < -0.39 is 29.6 Å². The molecule has 8 heteroatoms. The number of anilines is 1. The predicted octanol–water partition coefficient (Wildman–Crippen LogP) is 5.06. The van der Waals surface area contributed by atoms with E-state index in [0.717, 1.165) is 69.1 Å². The summed E-state index contributed by atoms with van der Waals surface area (Å²) in [6.07, 6.45) is 18.2. The molecule has 2 saturated carbocycles. The molecule has 2 N–H and O–H groups in total. The molecule has 0 aromatic heterocycles. The lowest BCUT2D eigenvalue weighted by Gasteiger charge is -2.38. The molecule has 0 unspecified atom stereocenters. The Morgan fingerprint density at radius 1 is 0.974 bits per heavy atom. The van der Waals surface area contributed by atoms with Crippen molar-refractivity contribution in [3.05, 3.63) is 36.4 Å². The number of nitrogens with one attached hydrogen (secondary N) is 2. The number of rotatable bonds is 6. The van der Waals surface area contributed by atoms with Gasteiger partial charge in [0, 0.05) is 22.7 Å². The largest absolute Gasteiger partial charge is 0.359 e. The van der Waals surface area contributed by atoms with E-state index in [2.05, 4.69) is 10.6 Å². The third-order valence-corrected chi connectivity index (χ3v) is 10.3. The van der Waals surface area contributed by atoms with Crippen LogP contribution in [0.25, 0.3) is 0 Å². The maximum atomic E-state index is 14.4. The zero-order valence-corrected chi connectivity index (χ0v) is 23.7. The fourth-order valence-electron chi connectivity index (χ4n) is 7.77. The number of ether oxygens (including phenoxy) is 1. The number of carbonyl (C=O) groups excluding carboxylic acids is 3. The molecule has 2 aliphatic carbocycles. The number of nitrogens with zero attached hydrogens (tertiary/aromatic N) is 1. The van der Waals surface area contributed by atoms with E-state index in [9.17, 15) is 14.4 Å². The van der Waals surface area contributed by atoms with Crippen molar-refractivity contribution in [1.29, 1.82) is 0 Å². The minimum absolute atomic E-state index is 0.00194. The number of benzene rings is 1. The molecule has 4 fully saturated rings. The highest BCUT2D eigenvalue weighted by atomic mass is 32.2. The Morgan fingerprint density at radius 2 is 1.67 bits per heavy atom. The van der Waals surface area contributed by atoms with Crippen LogP contribution in [0, 0.1) is 11.8 Å². The topological polar surface area (TPSA) is 87.7 Å². The normalized spacial score (nSPS) is 33.1. The van der Waals surface area contributed by atoms with Gasteiger partial charge in [0.2, 0.25) is 17.7 Å². The summed E-state index contributed by atoms with van der Waals surface area (Å²) in [5, 5.41) is 6.37. The van der Waals surface area contributed by atoms with Crippen LogP contribution in [-0.2, 0) is 19.1 Å². The first kappa shape index (κ1) is 26.9. The first-order valence-corrected chi connectivity index (χ1v) is 16.2. The van der Waals surface area contributed by atoms with Crippen molar-refractivity contribution in [2.45, 2.75) is 112 Å². The molecule has 1 aromatic carbocycles. The Morgan fingerprint density at radius 3 is 2.41 bits per heavy atom. The van der Waals surface area contributed by atoms with E-state index >= 15 is 0 Å². The fraction of sp³-hybridized carbons (Fsp3) is 0.645. The van der Waals surface area contributed by atoms with Crippen LogP contribution in [-0.4, -0.2) is 58.7 Å². The molecule has 6 rings (SSSR count). The van der Waals surface area contributed by atoms with Gasteiger partial charge in [-0.25, -0.2) is 0 Å². The standard InChI is InChI=1S/C31H41N3O4S/c1-39-23-16-10-13-21(19-23)33-28(35)25-24-17-18-31(38-24)26(25)30(37)34(22-14-8-3-2-4-9-15-22)27(31)29(36)32-20-11-6-5-7-12-20/h10,13,16-20,22,24-27H,2-9,11-12,14-15H2,1H3,(H,32,36)(H,33,35)/t24-,25-,26-,27-,31-/m1/s1. The highest BCUT2D eigenvalue weighted by Crippen LogP contribution is 2.56. The van der Waals surface area contributed by atoms with E-state index in [1.165, 1.54) is 12.8 Å². The molecule has 39 heavy (non-hydrogen) atoms. The molecule has 1 aromatic rings. The maximum Gasteiger partial charge on any atom is 0.246 e. The lowest BCUT2D eigenvalue weighted by atomic mass is 9.74. The van der Waals surface area contributed by atoms with Gasteiger partial charge in [-0.1, -0.05) is 69.6 Å². The molecule has 5 atom stereocenters. The Hall–Kier alpha value is -2.32. The second-order valence-electron chi connectivity index (χ2n) is 12.0. The maximum absolute atomic E-state index is 14.4. The van der Waals surface area contributed by atoms with Crippen molar-refractivity contribution < 1.29 is 19.1 Å². The zero-order chi connectivity index (χ0) is 27.0. The second kappa shape index (κ2) is 11.3. The summed E-state index contributed by atoms with van der Waals surface area (Å²) >= 11 is 1.61. The Kier molecular flexibility index (Phi) is 7.77. The first-order valence-electron chi connectivity index (χ1n) is 15.0. The number of hydrogen-bond acceptors (Lipinski definition) is 5. The molecular formula is C31H41N3O4S. The summed E-state index contributed by atoms with van der Waals surface area (Å²) in [5.74, 6) is -1.77. The smallest absolute Gasteiger partial charge is 0.246 e. The van der Waals surface area contributed by atoms with Gasteiger partial charge in [0.25, 0.3) is 0 Å². The SMILES string of the molecule is CSc1cccc(NC(=O)[C@@H]2[C@H]3C=C[C@@]4(O3)[C@H]2C(=O)N(C2CCCCCCC2)[C@@H]4C(=O)NC2CCCCC2)c1. The van der Waals surface area contributed by atoms with Crippen molar-refractivity contribution in [2.75, 3.05) is 11.6 Å². The lowest BCUT2D eigenvalue weighted by Crippen LogP contribution is -2.58. The summed E-state index contributed by atoms with van der Waals surface area (Å²) in [6.45, 7) is 0. The Bertz CT molecular complexity index is 1130. The van der Waals surface area contributed by atoms with Crippen LogP contribution < -0.4 is 10.6 Å². The predicted molar refractivity (Wildman–Crippen MR) is 152 cm³/mol. The minimum Gasteiger partial charge on any atom is -0.359 e. The van der Waals surface area contributed by atoms with Gasteiger partial charge in [0.15, 0.2) is 0 Å². The van der Waals surface area contributed by atoms with E-state index in [4.69, 9.17) is 4.74 Å². The average molecular weight is 552 g/mol. The monoisotopic (exact) mass is 551 g/mol. The first-order chi connectivity index (χ1) is 19.0. The molecule has 1 spiro atoms. The average Bonchev–Trinajstić information content (AvgIpc) is 3.57. The lowest BCUT2D eigenvalue weighted by molar-refractivity contribution is -0.144. The second-order valence-corrected chi connectivity index (χ2v) is 12.9. The summed E-state index contributed by atoms with van der Waals surface area (Å²) in [7, 11) is 0. The van der Waals surface area contributed by atoms with E-state index in [1.54, 1.807) is 11.8 Å². The molecule has 2 bridgehead atoms. The minimum atomic E-state index is -1.09. The Labute approximate surface area is 235 Å². The molecule has 3 aliphatic heterocycles. The van der Waals surface area contributed by atoms with Crippen LogP contribution in [0.1, 0.15) is 77.0 Å². The fourth-order valence-corrected chi connectivity index (χ4v) is 8.23. The zero-order valence-electron chi connectivity index (χ0n) is 22.9. The summed E-state index contributed by atoms with van der Waals surface area (Å²) in [4.78, 5) is 45.2. The number of likely N-dealkylation sites (tertiary alicyclic amines) is 1. The molecule has 7 nitrogen and oxygen atoms in total. The van der Waals surface area contributed by atoms with Gasteiger partial charge >= 0.3 is 0 Å². The molecule has 3 amide bonds. The van der Waals surface area contributed by atoms with Crippen LogP contribution in [0.5, 0.6) is 0 Å². The number of thioether (sulfide) groups is 1. The van der Waals surface area contributed by atoms with Crippen LogP contribution in [0.2, 0.25) is 0 Å². The van der Waals surface area contributed by atoms with Crippen LogP contribution >= 0.6 is 11.8 Å². The van der Waals surface area contributed by atoms with Crippen molar-refractivity contribution in [2.24, 2.45) is 11.8 Å². The van der Waals surface area contributed by atoms with Crippen LogP contribution in [0.15, 0.2) is 41.3 Å². The van der Waals surface area contributed by atoms with Gasteiger partial charge in [-0.3, -0.25) is 14.4 Å². The van der Waals surface area contributed by atoms with Crippen molar-refractivity contribution in [1.82, 2.24) is 10.2 Å². The third-order valence-electron chi connectivity index (χ3n) is 9.62. The highest BCUT2D eigenvalue weighted by molar-refractivity contribution is 7.98. The molecular weight excluding hydrogens is 510 g/mol.